The van der Waals surface area contributed by atoms with Crippen LogP contribution in [0.15, 0.2) is 65.2 Å². The molecule has 3 rings (SSSR count). The van der Waals surface area contributed by atoms with E-state index in [1.54, 1.807) is 6.92 Å². The second kappa shape index (κ2) is 8.06. The molecule has 0 spiro atoms. The molecule has 1 saturated heterocycles. The van der Waals surface area contributed by atoms with E-state index in [-0.39, 0.29) is 23.1 Å². The van der Waals surface area contributed by atoms with Crippen LogP contribution in [0.25, 0.3) is 0 Å². The lowest BCUT2D eigenvalue weighted by molar-refractivity contribution is -0.117. The van der Waals surface area contributed by atoms with E-state index >= 15 is 0 Å². The summed E-state index contributed by atoms with van der Waals surface area (Å²) in [4.78, 5) is 26.4. The van der Waals surface area contributed by atoms with Crippen molar-refractivity contribution in [2.24, 2.45) is 0 Å². The Hall–Kier alpha value is -3.11. The molecule has 7 heteroatoms. The molecule has 5 nitrogen and oxygen atoms in total. The normalized spacial score (nSPS) is 18.2. The Kier molecular flexibility index (Phi) is 5.57. The third kappa shape index (κ3) is 4.01. The average molecular weight is 381 g/mol. The van der Waals surface area contributed by atoms with Crippen LogP contribution in [0.4, 0.5) is 10.1 Å². The number of carbonyl (C=O) groups excluding carboxylic acids is 2. The molecule has 0 saturated carbocycles. The van der Waals surface area contributed by atoms with Gasteiger partial charge in [0.25, 0.3) is 5.91 Å². The zero-order chi connectivity index (χ0) is 19.4. The third-order valence-corrected chi connectivity index (χ3v) is 5.16. The summed E-state index contributed by atoms with van der Waals surface area (Å²) in [6.07, 6.45) is 0. The van der Waals surface area contributed by atoms with Gasteiger partial charge in [-0.05, 0) is 36.8 Å². The second-order valence-electron chi connectivity index (χ2n) is 5.87. The largest absolute Gasteiger partial charge is 0.347 e. The van der Waals surface area contributed by atoms with Gasteiger partial charge in [0.1, 0.15) is 22.5 Å². The maximum atomic E-state index is 13.2. The summed E-state index contributed by atoms with van der Waals surface area (Å²) in [7, 11) is 0. The summed E-state index contributed by atoms with van der Waals surface area (Å²) < 4.78 is 13.2. The van der Waals surface area contributed by atoms with Crippen LogP contribution in [0.3, 0.4) is 0 Å². The molecule has 0 radical (unpaired) electrons. The number of hydrogen-bond acceptors (Lipinski definition) is 4. The third-order valence-electron chi connectivity index (χ3n) is 3.99. The van der Waals surface area contributed by atoms with Crippen LogP contribution >= 0.6 is 11.8 Å². The van der Waals surface area contributed by atoms with Crippen molar-refractivity contribution in [2.75, 3.05) is 4.90 Å². The number of benzene rings is 2. The predicted octanol–water partition coefficient (Wildman–Crippen LogP) is 3.35. The Morgan fingerprint density at radius 2 is 1.89 bits per heavy atom. The first-order valence-corrected chi connectivity index (χ1v) is 9.12. The topological polar surface area (TPSA) is 73.2 Å². The highest BCUT2D eigenvalue weighted by molar-refractivity contribution is 8.05. The highest BCUT2D eigenvalue weighted by Gasteiger charge is 2.38. The summed E-state index contributed by atoms with van der Waals surface area (Å²) in [5, 5.41) is 12.1. The number of nitriles is 1. The van der Waals surface area contributed by atoms with E-state index in [0.29, 0.717) is 5.69 Å². The fourth-order valence-electron chi connectivity index (χ4n) is 2.62. The molecule has 1 heterocycles. The number of anilines is 1. The number of hydrogen-bond donors (Lipinski definition) is 1. The molecular formula is C20H16FN3O2S. The van der Waals surface area contributed by atoms with E-state index in [1.165, 1.54) is 29.2 Å². The van der Waals surface area contributed by atoms with Crippen LogP contribution < -0.4 is 10.2 Å². The fourth-order valence-corrected chi connectivity index (χ4v) is 3.72. The van der Waals surface area contributed by atoms with Crippen LogP contribution in [0, 0.1) is 17.1 Å². The standard InChI is InChI=1S/C20H16FN3O2S/c1-13-19(26)24(16-9-7-15(21)8-10-16)20(27-13)17(11-22)18(25)23-12-14-5-3-2-4-6-14/h2-10,13H,12H2,1H3,(H,23,25). The van der Waals surface area contributed by atoms with Crippen molar-refractivity contribution in [1.29, 1.82) is 5.26 Å². The molecule has 1 aliphatic rings. The van der Waals surface area contributed by atoms with Crippen molar-refractivity contribution in [2.45, 2.75) is 18.7 Å². The number of thioether (sulfide) groups is 1. The van der Waals surface area contributed by atoms with Gasteiger partial charge in [-0.2, -0.15) is 5.26 Å². The summed E-state index contributed by atoms with van der Waals surface area (Å²) in [5.74, 6) is -1.25. The van der Waals surface area contributed by atoms with Crippen molar-refractivity contribution in [3.63, 3.8) is 0 Å². The molecule has 0 bridgehead atoms. The second-order valence-corrected chi connectivity index (χ2v) is 7.20. The summed E-state index contributed by atoms with van der Waals surface area (Å²) in [5.41, 5.74) is 1.17. The molecule has 1 fully saturated rings. The van der Waals surface area contributed by atoms with E-state index < -0.39 is 17.0 Å². The Labute approximate surface area is 160 Å². The average Bonchev–Trinajstić information content (AvgIpc) is 2.97. The van der Waals surface area contributed by atoms with E-state index in [4.69, 9.17) is 0 Å². The molecule has 27 heavy (non-hydrogen) atoms. The number of halogens is 1. The molecule has 1 N–H and O–H groups in total. The van der Waals surface area contributed by atoms with Gasteiger partial charge in [-0.15, -0.1) is 0 Å². The minimum absolute atomic E-state index is 0.141. The van der Waals surface area contributed by atoms with Gasteiger partial charge < -0.3 is 5.32 Å². The summed E-state index contributed by atoms with van der Waals surface area (Å²) in [6.45, 7) is 1.97. The molecule has 2 aromatic carbocycles. The maximum absolute atomic E-state index is 13.2. The van der Waals surface area contributed by atoms with Gasteiger partial charge in [0.15, 0.2) is 0 Å². The van der Waals surface area contributed by atoms with Crippen LogP contribution in [0.5, 0.6) is 0 Å². The number of nitrogens with zero attached hydrogens (tertiary/aromatic N) is 2. The zero-order valence-electron chi connectivity index (χ0n) is 14.5. The first-order valence-electron chi connectivity index (χ1n) is 8.24. The van der Waals surface area contributed by atoms with E-state index in [1.807, 2.05) is 36.4 Å². The fraction of sp³-hybridized carbons (Fsp3) is 0.150. The van der Waals surface area contributed by atoms with Crippen molar-refractivity contribution in [3.05, 3.63) is 76.6 Å². The molecule has 0 aromatic heterocycles. The predicted molar refractivity (Wildman–Crippen MR) is 102 cm³/mol. The van der Waals surface area contributed by atoms with Crippen LogP contribution in [-0.2, 0) is 16.1 Å². The van der Waals surface area contributed by atoms with Crippen LogP contribution in [0.1, 0.15) is 12.5 Å². The van der Waals surface area contributed by atoms with Gasteiger partial charge in [-0.1, -0.05) is 42.1 Å². The van der Waals surface area contributed by atoms with Crippen molar-refractivity contribution in [3.8, 4) is 6.07 Å². The molecular weight excluding hydrogens is 365 g/mol. The molecule has 1 atom stereocenters. The van der Waals surface area contributed by atoms with Gasteiger partial charge in [-0.3, -0.25) is 14.5 Å². The van der Waals surface area contributed by atoms with Crippen molar-refractivity contribution in [1.82, 2.24) is 5.32 Å². The minimum Gasteiger partial charge on any atom is -0.347 e. The van der Waals surface area contributed by atoms with E-state index in [0.717, 1.165) is 17.3 Å². The van der Waals surface area contributed by atoms with E-state index in [2.05, 4.69) is 5.32 Å². The monoisotopic (exact) mass is 381 g/mol. The lowest BCUT2D eigenvalue weighted by Crippen LogP contribution is -2.30. The quantitative estimate of drug-likeness (QED) is 0.651. The van der Waals surface area contributed by atoms with Gasteiger partial charge >= 0.3 is 0 Å². The Balaban J connectivity index is 1.91. The number of rotatable bonds is 4. The number of carbonyl (C=O) groups is 2. The Morgan fingerprint density at radius 1 is 1.22 bits per heavy atom. The Morgan fingerprint density at radius 3 is 2.52 bits per heavy atom. The molecule has 0 aliphatic carbocycles. The SMILES string of the molecule is CC1SC(=C(C#N)C(=O)NCc2ccccc2)N(c2ccc(F)cc2)C1=O. The molecule has 2 amide bonds. The van der Waals surface area contributed by atoms with Crippen molar-refractivity contribution < 1.29 is 14.0 Å². The first-order chi connectivity index (χ1) is 13.0. The lowest BCUT2D eigenvalue weighted by Gasteiger charge is -2.18. The van der Waals surface area contributed by atoms with Gasteiger partial charge in [-0.25, -0.2) is 4.39 Å². The van der Waals surface area contributed by atoms with Gasteiger partial charge in [0.05, 0.1) is 5.25 Å². The lowest BCUT2D eigenvalue weighted by atomic mass is 10.2. The van der Waals surface area contributed by atoms with Crippen LogP contribution in [0.2, 0.25) is 0 Å². The maximum Gasteiger partial charge on any atom is 0.264 e. The minimum atomic E-state index is -0.558. The van der Waals surface area contributed by atoms with Gasteiger partial charge in [0.2, 0.25) is 5.91 Å². The highest BCUT2D eigenvalue weighted by atomic mass is 32.2. The highest BCUT2D eigenvalue weighted by Crippen LogP contribution is 2.40. The Bertz CT molecular complexity index is 936. The first kappa shape index (κ1) is 18.7. The van der Waals surface area contributed by atoms with Crippen LogP contribution in [-0.4, -0.2) is 17.1 Å². The molecule has 1 unspecified atom stereocenters. The molecule has 136 valence electrons. The summed E-state index contributed by atoms with van der Waals surface area (Å²) in [6, 6.07) is 16.6. The number of amides is 2. The van der Waals surface area contributed by atoms with Gasteiger partial charge in [0, 0.05) is 12.2 Å². The van der Waals surface area contributed by atoms with Crippen molar-refractivity contribution >= 4 is 29.3 Å². The molecule has 2 aromatic rings. The zero-order valence-corrected chi connectivity index (χ0v) is 15.3. The number of nitrogens with one attached hydrogen (secondary N) is 1. The summed E-state index contributed by atoms with van der Waals surface area (Å²) >= 11 is 1.14. The van der Waals surface area contributed by atoms with E-state index in [9.17, 15) is 19.2 Å². The smallest absolute Gasteiger partial charge is 0.264 e. The molecule has 1 aliphatic heterocycles.